The van der Waals surface area contributed by atoms with E-state index in [9.17, 15) is 23.3 Å². The number of halogens is 3. The van der Waals surface area contributed by atoms with E-state index in [1.165, 1.54) is 6.07 Å². The van der Waals surface area contributed by atoms with E-state index < -0.39 is 28.3 Å². The van der Waals surface area contributed by atoms with Crippen LogP contribution in [0.25, 0.3) is 0 Å². The summed E-state index contributed by atoms with van der Waals surface area (Å²) in [5.74, 6) is -0.672. The standard InChI is InChI=1S/C8H3F3N2O3/c9-8(10,11)16-6-1-2-7(13(14)15)5(3-6)4-12/h1-3H. The molecule has 1 aromatic rings. The molecule has 0 aliphatic rings. The number of nitriles is 1. The molecule has 16 heavy (non-hydrogen) atoms. The van der Waals surface area contributed by atoms with Crippen LogP contribution >= 0.6 is 0 Å². The number of nitro groups is 1. The van der Waals surface area contributed by atoms with Crippen LogP contribution in [0.4, 0.5) is 18.9 Å². The first-order valence-electron chi connectivity index (χ1n) is 3.78. The molecule has 0 bridgehead atoms. The zero-order valence-corrected chi connectivity index (χ0v) is 7.49. The number of hydrogen-bond donors (Lipinski definition) is 0. The molecular weight excluding hydrogens is 229 g/mol. The maximum Gasteiger partial charge on any atom is 0.573 e. The Hall–Kier alpha value is -2.30. The Bertz CT molecular complexity index is 465. The van der Waals surface area contributed by atoms with Gasteiger partial charge in [0.15, 0.2) is 0 Å². The summed E-state index contributed by atoms with van der Waals surface area (Å²) in [6.07, 6.45) is -4.90. The monoisotopic (exact) mass is 232 g/mol. The van der Waals surface area contributed by atoms with E-state index in [0.29, 0.717) is 6.07 Å². The van der Waals surface area contributed by atoms with Crippen LogP contribution in [0, 0.1) is 21.4 Å². The Labute approximate surface area is 86.8 Å². The Kier molecular flexibility index (Phi) is 2.99. The fraction of sp³-hybridized carbons (Fsp3) is 0.125. The zero-order chi connectivity index (χ0) is 12.3. The van der Waals surface area contributed by atoms with E-state index in [0.717, 1.165) is 12.1 Å². The number of ether oxygens (including phenoxy) is 1. The van der Waals surface area contributed by atoms with Crippen molar-refractivity contribution < 1.29 is 22.8 Å². The number of alkyl halides is 3. The molecule has 0 heterocycles. The van der Waals surface area contributed by atoms with E-state index >= 15 is 0 Å². The third-order valence-corrected chi connectivity index (χ3v) is 1.52. The van der Waals surface area contributed by atoms with E-state index in [1.54, 1.807) is 0 Å². The highest BCUT2D eigenvalue weighted by atomic mass is 19.4. The van der Waals surface area contributed by atoms with Gasteiger partial charge >= 0.3 is 6.36 Å². The predicted molar refractivity (Wildman–Crippen MR) is 44.5 cm³/mol. The van der Waals surface area contributed by atoms with Gasteiger partial charge in [0.25, 0.3) is 5.69 Å². The predicted octanol–water partition coefficient (Wildman–Crippen LogP) is 2.37. The first-order valence-corrected chi connectivity index (χ1v) is 3.78. The van der Waals surface area contributed by atoms with E-state index in [1.807, 2.05) is 0 Å². The van der Waals surface area contributed by atoms with Crippen molar-refractivity contribution in [1.82, 2.24) is 0 Å². The molecule has 0 fully saturated rings. The second kappa shape index (κ2) is 4.06. The van der Waals surface area contributed by atoms with Crippen molar-refractivity contribution in [2.24, 2.45) is 0 Å². The third kappa shape index (κ3) is 2.84. The molecular formula is C8H3F3N2O3. The molecule has 0 saturated carbocycles. The van der Waals surface area contributed by atoms with Crippen LogP contribution < -0.4 is 4.74 Å². The average Bonchev–Trinajstić information content (AvgIpc) is 2.14. The molecule has 0 radical (unpaired) electrons. The van der Waals surface area contributed by atoms with E-state index in [-0.39, 0.29) is 0 Å². The fourth-order valence-electron chi connectivity index (χ4n) is 0.961. The van der Waals surface area contributed by atoms with Crippen molar-refractivity contribution in [1.29, 1.82) is 5.26 Å². The second-order valence-corrected chi connectivity index (χ2v) is 2.60. The van der Waals surface area contributed by atoms with Gasteiger partial charge in [-0.2, -0.15) is 5.26 Å². The largest absolute Gasteiger partial charge is 0.573 e. The first-order chi connectivity index (χ1) is 7.33. The second-order valence-electron chi connectivity index (χ2n) is 2.60. The Morgan fingerprint density at radius 2 is 2.06 bits per heavy atom. The van der Waals surface area contributed by atoms with Gasteiger partial charge in [-0.3, -0.25) is 10.1 Å². The minimum Gasteiger partial charge on any atom is -0.406 e. The van der Waals surface area contributed by atoms with Crippen molar-refractivity contribution in [3.63, 3.8) is 0 Å². The summed E-state index contributed by atoms with van der Waals surface area (Å²) >= 11 is 0. The molecule has 1 aromatic carbocycles. The van der Waals surface area contributed by atoms with Gasteiger partial charge in [-0.05, 0) is 6.07 Å². The molecule has 5 nitrogen and oxygen atoms in total. The van der Waals surface area contributed by atoms with Crippen molar-refractivity contribution >= 4 is 5.69 Å². The quantitative estimate of drug-likeness (QED) is 0.579. The van der Waals surface area contributed by atoms with Gasteiger partial charge in [0.2, 0.25) is 0 Å². The highest BCUT2D eigenvalue weighted by Gasteiger charge is 2.31. The topological polar surface area (TPSA) is 76.2 Å². The average molecular weight is 232 g/mol. The lowest BCUT2D eigenvalue weighted by Crippen LogP contribution is -2.17. The molecule has 8 heteroatoms. The van der Waals surface area contributed by atoms with Gasteiger partial charge in [0, 0.05) is 12.1 Å². The molecule has 0 aliphatic carbocycles. The van der Waals surface area contributed by atoms with Crippen LogP contribution in [0.3, 0.4) is 0 Å². The minimum absolute atomic E-state index is 0.494. The van der Waals surface area contributed by atoms with Crippen LogP contribution in [-0.2, 0) is 0 Å². The number of hydrogen-bond acceptors (Lipinski definition) is 4. The molecule has 0 N–H and O–H groups in total. The van der Waals surface area contributed by atoms with Gasteiger partial charge in [0.1, 0.15) is 17.4 Å². The normalized spacial score (nSPS) is 10.6. The molecule has 0 aliphatic heterocycles. The summed E-state index contributed by atoms with van der Waals surface area (Å²) in [6, 6.07) is 3.62. The maximum absolute atomic E-state index is 11.8. The Balaban J connectivity index is 3.11. The van der Waals surface area contributed by atoms with Crippen LogP contribution in [-0.4, -0.2) is 11.3 Å². The van der Waals surface area contributed by atoms with Crippen molar-refractivity contribution in [3.8, 4) is 11.8 Å². The molecule has 0 aromatic heterocycles. The van der Waals surface area contributed by atoms with Crippen molar-refractivity contribution in [2.45, 2.75) is 6.36 Å². The number of nitrogens with zero attached hydrogens (tertiary/aromatic N) is 2. The lowest BCUT2D eigenvalue weighted by Gasteiger charge is -2.08. The summed E-state index contributed by atoms with van der Waals surface area (Å²) in [7, 11) is 0. The van der Waals surface area contributed by atoms with Crippen molar-refractivity contribution in [3.05, 3.63) is 33.9 Å². The van der Waals surface area contributed by atoms with Gasteiger partial charge in [-0.15, -0.1) is 13.2 Å². The molecule has 0 saturated heterocycles. The summed E-state index contributed by atoms with van der Waals surface area (Å²) in [4.78, 5) is 9.50. The van der Waals surface area contributed by atoms with Crippen LogP contribution in [0.15, 0.2) is 18.2 Å². The Morgan fingerprint density at radius 1 is 1.44 bits per heavy atom. The van der Waals surface area contributed by atoms with E-state index in [4.69, 9.17) is 5.26 Å². The third-order valence-electron chi connectivity index (χ3n) is 1.52. The number of rotatable bonds is 2. The van der Waals surface area contributed by atoms with Crippen LogP contribution in [0.2, 0.25) is 0 Å². The smallest absolute Gasteiger partial charge is 0.406 e. The van der Waals surface area contributed by atoms with Gasteiger partial charge in [-0.25, -0.2) is 0 Å². The maximum atomic E-state index is 11.8. The Morgan fingerprint density at radius 3 is 2.50 bits per heavy atom. The lowest BCUT2D eigenvalue weighted by atomic mass is 10.2. The summed E-state index contributed by atoms with van der Waals surface area (Å²) in [5.41, 5.74) is -1.07. The lowest BCUT2D eigenvalue weighted by molar-refractivity contribution is -0.385. The summed E-state index contributed by atoms with van der Waals surface area (Å²) in [5, 5.41) is 18.9. The van der Waals surface area contributed by atoms with Gasteiger partial charge < -0.3 is 4.74 Å². The molecule has 0 unspecified atom stereocenters. The number of benzene rings is 1. The zero-order valence-electron chi connectivity index (χ0n) is 7.49. The van der Waals surface area contributed by atoms with Crippen molar-refractivity contribution in [2.75, 3.05) is 0 Å². The van der Waals surface area contributed by atoms with Gasteiger partial charge in [-0.1, -0.05) is 0 Å². The first kappa shape index (κ1) is 11.8. The van der Waals surface area contributed by atoms with E-state index in [2.05, 4.69) is 4.74 Å². The SMILES string of the molecule is N#Cc1cc(OC(F)(F)F)ccc1[N+](=O)[O-]. The highest BCUT2D eigenvalue weighted by Crippen LogP contribution is 2.27. The molecule has 0 amide bonds. The summed E-state index contributed by atoms with van der Waals surface area (Å²) in [6.45, 7) is 0. The van der Waals surface area contributed by atoms with Crippen LogP contribution in [0.5, 0.6) is 5.75 Å². The fourth-order valence-corrected chi connectivity index (χ4v) is 0.961. The molecule has 0 spiro atoms. The number of nitro benzene ring substituents is 1. The van der Waals surface area contributed by atoms with Crippen LogP contribution in [0.1, 0.15) is 5.56 Å². The highest BCUT2D eigenvalue weighted by molar-refractivity contribution is 5.52. The molecule has 84 valence electrons. The van der Waals surface area contributed by atoms with Gasteiger partial charge in [0.05, 0.1) is 4.92 Å². The minimum atomic E-state index is -4.90. The molecule has 0 atom stereocenters. The summed E-state index contributed by atoms with van der Waals surface area (Å²) < 4.78 is 38.9. The molecule has 1 rings (SSSR count).